The van der Waals surface area contributed by atoms with Crippen molar-refractivity contribution < 1.29 is 100.0 Å². The van der Waals surface area contributed by atoms with Crippen LogP contribution in [-0.4, -0.2) is 120 Å². The average molecular weight is 1150 g/mol. The normalized spacial score (nSPS) is 19.5. The molecule has 2 aromatic rings. The minimum absolute atomic E-state index is 0.000427. The lowest BCUT2D eigenvalue weighted by atomic mass is 9.81. The maximum absolute atomic E-state index is 13.6. The number of hydrogen-bond donors (Lipinski definition) is 0. The smallest absolute Gasteiger partial charge is 0.342 e. The van der Waals surface area contributed by atoms with Gasteiger partial charge in [-0.1, -0.05) is 20.1 Å². The van der Waals surface area contributed by atoms with Crippen LogP contribution in [0.2, 0.25) is 0 Å². The van der Waals surface area contributed by atoms with Crippen LogP contribution in [0.15, 0.2) is 61.4 Å². The fraction of sp³-hybridized carbons (Fsp3) is 0.590. The zero-order valence-corrected chi connectivity index (χ0v) is 47.6. The number of unbranched alkanes of at least 4 members (excludes halogenated alkanes) is 2. The van der Waals surface area contributed by atoms with Gasteiger partial charge in [-0.3, -0.25) is 28.8 Å². The summed E-state index contributed by atoms with van der Waals surface area (Å²) >= 11 is 0. The number of allylic oxidation sites excluding steroid dienone is 1. The lowest BCUT2D eigenvalue weighted by molar-refractivity contribution is -0.152. The van der Waals surface area contributed by atoms with E-state index in [-0.39, 0.29) is 142 Å². The van der Waals surface area contributed by atoms with Gasteiger partial charge in [0.05, 0.1) is 69.2 Å². The monoisotopic (exact) mass is 1150 g/mol. The summed E-state index contributed by atoms with van der Waals surface area (Å²) in [6.45, 7) is 14.7. The van der Waals surface area contributed by atoms with Crippen LogP contribution in [0.25, 0.3) is 0 Å². The molecule has 0 aromatic heterocycles. The number of rotatable bonds is 33. The molecule has 0 bridgehead atoms. The maximum atomic E-state index is 13.6. The second kappa shape index (κ2) is 35.7. The third-order valence-electron chi connectivity index (χ3n) is 14.4. The first kappa shape index (κ1) is 65.7. The van der Waals surface area contributed by atoms with Gasteiger partial charge in [0.25, 0.3) is 0 Å². The highest BCUT2D eigenvalue weighted by atomic mass is 16.6. The van der Waals surface area contributed by atoms with Gasteiger partial charge in [0.2, 0.25) is 0 Å². The summed E-state index contributed by atoms with van der Waals surface area (Å²) in [6, 6.07) is 8.40. The molecule has 21 heteroatoms. The van der Waals surface area contributed by atoms with Gasteiger partial charge in [0.15, 0.2) is 0 Å². The fourth-order valence-electron chi connectivity index (χ4n) is 9.58. The molecule has 0 saturated heterocycles. The molecular formula is C61H80O21. The minimum Gasteiger partial charge on any atom is -0.466 e. The van der Waals surface area contributed by atoms with Gasteiger partial charge >= 0.3 is 53.7 Å². The quantitative estimate of drug-likeness (QED) is 0.0161. The molecule has 0 N–H and O–H groups in total. The summed E-state index contributed by atoms with van der Waals surface area (Å²) in [7, 11) is 0. The Morgan fingerprint density at radius 1 is 0.427 bits per heavy atom. The first-order valence-electron chi connectivity index (χ1n) is 28.7. The summed E-state index contributed by atoms with van der Waals surface area (Å²) < 4.78 is 65.9. The first-order chi connectivity index (χ1) is 39.6. The number of carbonyl (C=O) groups is 9. The number of benzene rings is 2. The molecule has 0 aliphatic heterocycles. The predicted octanol–water partition coefficient (Wildman–Crippen LogP) is 9.13. The molecule has 0 radical (unpaired) electrons. The highest BCUT2D eigenvalue weighted by molar-refractivity contribution is 5.95. The van der Waals surface area contributed by atoms with E-state index in [1.165, 1.54) is 36.4 Å². The van der Waals surface area contributed by atoms with E-state index in [1.54, 1.807) is 13.8 Å². The van der Waals surface area contributed by atoms with E-state index >= 15 is 0 Å². The Labute approximate surface area is 479 Å². The molecular weight excluding hydrogens is 1070 g/mol. The lowest BCUT2D eigenvalue weighted by Crippen LogP contribution is -2.30. The number of carbonyl (C=O) groups excluding carboxylic acids is 9. The number of ether oxygens (including phenoxy) is 12. The highest BCUT2D eigenvalue weighted by Crippen LogP contribution is 2.38. The van der Waals surface area contributed by atoms with Crippen molar-refractivity contribution in [3.63, 3.8) is 0 Å². The molecule has 82 heavy (non-hydrogen) atoms. The molecule has 450 valence electrons. The molecule has 3 saturated carbocycles. The molecule has 21 nitrogen and oxygen atoms in total. The van der Waals surface area contributed by atoms with Gasteiger partial charge in [-0.05, 0) is 153 Å². The highest BCUT2D eigenvalue weighted by Gasteiger charge is 2.36. The summed E-state index contributed by atoms with van der Waals surface area (Å²) in [5.74, 6) is -6.73. The average Bonchev–Trinajstić information content (AvgIpc) is 3.58. The standard InChI is InChI=1S/C61H80O21/c1-6-53(62)73-30-10-12-32-75-55(64)42-16-14-41(15-17-42)40(5)79-51-28-26-47(38-49(51)60(69)77-36-34-71-8-3)80-57(66)44-22-24-45(25-23-44)58(67)81-48-27-29-52(50(39-48)61(70)78-37-35-72-9-4)82-59(68)46-20-18-43(19-21-46)56(65)76-33-13-11-31-74-54(63)7-2/h7,26-29,38-39,41-46H,2,5-6,8-25,30-37H2,1,3-4H3. The lowest BCUT2D eigenvalue weighted by Gasteiger charge is -2.28. The Kier molecular flexibility index (Phi) is 28.6. The van der Waals surface area contributed by atoms with Crippen molar-refractivity contribution in [2.24, 2.45) is 35.5 Å². The van der Waals surface area contributed by atoms with Gasteiger partial charge in [-0.2, -0.15) is 0 Å². The summed E-state index contributed by atoms with van der Waals surface area (Å²) in [5, 5.41) is 0. The van der Waals surface area contributed by atoms with Crippen molar-refractivity contribution >= 4 is 53.7 Å². The van der Waals surface area contributed by atoms with Gasteiger partial charge in [-0.25, -0.2) is 14.4 Å². The topological polar surface area (TPSA) is 264 Å². The van der Waals surface area contributed by atoms with E-state index in [4.69, 9.17) is 56.8 Å². The van der Waals surface area contributed by atoms with Crippen LogP contribution < -0.4 is 18.9 Å². The van der Waals surface area contributed by atoms with Crippen molar-refractivity contribution in [1.29, 1.82) is 0 Å². The number of esters is 9. The number of hydrogen-bond acceptors (Lipinski definition) is 21. The Morgan fingerprint density at radius 2 is 0.793 bits per heavy atom. The Hall–Kier alpha value is -7.13. The largest absolute Gasteiger partial charge is 0.466 e. The van der Waals surface area contributed by atoms with Gasteiger partial charge in [-0.15, -0.1) is 0 Å². The molecule has 3 aliphatic carbocycles. The summed E-state index contributed by atoms with van der Waals surface area (Å²) in [5.41, 5.74) is -0.152. The van der Waals surface area contributed by atoms with Crippen LogP contribution in [0, 0.1) is 35.5 Å². The zero-order chi connectivity index (χ0) is 59.2. The van der Waals surface area contributed by atoms with Gasteiger partial charge in [0, 0.05) is 31.6 Å². The zero-order valence-electron chi connectivity index (χ0n) is 47.6. The maximum Gasteiger partial charge on any atom is 0.342 e. The van der Waals surface area contributed by atoms with Crippen LogP contribution in [0.4, 0.5) is 0 Å². The Balaban J connectivity index is 1.12. The Morgan fingerprint density at radius 3 is 1.20 bits per heavy atom. The van der Waals surface area contributed by atoms with Crippen LogP contribution >= 0.6 is 0 Å². The SMILES string of the molecule is C=CC(=O)OCCCCOC(=O)C1CCC(C(=O)Oc2ccc(OC(=O)C3CCC(C(=O)Oc4ccc(OC(=C)C5CCC(C(=O)OCCCCOC(=O)CC)CC5)c(C(=O)OCCOCC)c4)CC3)cc2C(=O)OCCOCC)CC1. The molecule has 5 rings (SSSR count). The van der Waals surface area contributed by atoms with E-state index in [9.17, 15) is 43.2 Å². The minimum atomic E-state index is -0.836. The third kappa shape index (κ3) is 22.0. The van der Waals surface area contributed by atoms with Crippen molar-refractivity contribution in [3.05, 3.63) is 72.5 Å². The van der Waals surface area contributed by atoms with Crippen molar-refractivity contribution in [2.45, 2.75) is 130 Å². The van der Waals surface area contributed by atoms with Crippen molar-refractivity contribution in [1.82, 2.24) is 0 Å². The van der Waals surface area contributed by atoms with Gasteiger partial charge < -0.3 is 56.8 Å². The van der Waals surface area contributed by atoms with Crippen LogP contribution in [-0.2, 0) is 71.5 Å². The molecule has 3 fully saturated rings. The van der Waals surface area contributed by atoms with Crippen molar-refractivity contribution in [2.75, 3.05) is 66.1 Å². The van der Waals surface area contributed by atoms with Crippen LogP contribution in [0.3, 0.4) is 0 Å². The molecule has 0 atom stereocenters. The van der Waals surface area contributed by atoms with Crippen molar-refractivity contribution in [3.8, 4) is 23.0 Å². The third-order valence-corrected chi connectivity index (χ3v) is 14.4. The van der Waals surface area contributed by atoms with Gasteiger partial charge in [0.1, 0.15) is 53.1 Å². The molecule has 3 aliphatic rings. The fourth-order valence-corrected chi connectivity index (χ4v) is 9.58. The summed E-state index contributed by atoms with van der Waals surface area (Å²) in [4.78, 5) is 115. The first-order valence-corrected chi connectivity index (χ1v) is 28.7. The molecule has 0 unspecified atom stereocenters. The molecule has 2 aromatic carbocycles. The predicted molar refractivity (Wildman–Crippen MR) is 292 cm³/mol. The van der Waals surface area contributed by atoms with Crippen LogP contribution in [0.5, 0.6) is 23.0 Å². The van der Waals surface area contributed by atoms with Crippen LogP contribution in [0.1, 0.15) is 151 Å². The van der Waals surface area contributed by atoms with E-state index in [1.807, 2.05) is 6.92 Å². The molecule has 0 spiro atoms. The Bertz CT molecular complexity index is 2480. The van der Waals surface area contributed by atoms with E-state index in [2.05, 4.69) is 13.2 Å². The molecule has 0 heterocycles. The molecule has 0 amide bonds. The summed E-state index contributed by atoms with van der Waals surface area (Å²) in [6.07, 6.45) is 8.56. The second-order valence-corrected chi connectivity index (χ2v) is 20.2. The van der Waals surface area contributed by atoms with E-state index in [0.717, 1.165) is 6.08 Å². The second-order valence-electron chi connectivity index (χ2n) is 20.2. The van der Waals surface area contributed by atoms with E-state index in [0.29, 0.717) is 102 Å². The van der Waals surface area contributed by atoms with E-state index < -0.39 is 59.5 Å².